The first-order valence-corrected chi connectivity index (χ1v) is 14.4. The lowest BCUT2D eigenvalue weighted by Crippen LogP contribution is -2.58. The molecule has 0 radical (unpaired) electrons. The molecule has 13 nitrogen and oxygen atoms in total. The Hall–Kier alpha value is -3.43. The van der Waals surface area contributed by atoms with E-state index in [0.29, 0.717) is 17.5 Å². The topological polar surface area (TPSA) is 227 Å². The van der Waals surface area contributed by atoms with Crippen LogP contribution in [-0.2, 0) is 25.4 Å². The van der Waals surface area contributed by atoms with Crippen LogP contribution in [0.1, 0.15) is 30.9 Å². The van der Waals surface area contributed by atoms with Crippen LogP contribution in [0.5, 0.6) is 23.0 Å². The van der Waals surface area contributed by atoms with Gasteiger partial charge >= 0.3 is 5.97 Å². The summed E-state index contributed by atoms with van der Waals surface area (Å²) in [7, 11) is 0. The molecule has 4 rings (SSSR count). The van der Waals surface area contributed by atoms with E-state index in [2.05, 4.69) is 0 Å². The zero-order valence-corrected chi connectivity index (χ0v) is 24.1. The van der Waals surface area contributed by atoms with Crippen molar-refractivity contribution in [1.82, 2.24) is 0 Å². The van der Waals surface area contributed by atoms with Gasteiger partial charge in [0.2, 0.25) is 0 Å². The number of benzene rings is 2. The molecule has 2 fully saturated rings. The number of aliphatic hydroxyl groups is 5. The number of aromatic hydroxyl groups is 4. The first-order valence-electron chi connectivity index (χ1n) is 14.4. The van der Waals surface area contributed by atoms with Gasteiger partial charge in [0.1, 0.15) is 30.5 Å². The maximum atomic E-state index is 12.8. The van der Waals surface area contributed by atoms with Crippen molar-refractivity contribution < 1.29 is 65.0 Å². The molecule has 0 bridgehead atoms. The van der Waals surface area contributed by atoms with Crippen molar-refractivity contribution in [2.75, 3.05) is 13.2 Å². The molecule has 13 heteroatoms. The number of carbonyl (C=O) groups excluding carboxylic acids is 1. The molecule has 2 aliphatic carbocycles. The number of hydrogen-bond acceptors (Lipinski definition) is 13. The number of hydrogen-bond donors (Lipinski definition) is 9. The number of phenolic OH excluding ortho intramolecular Hbond substituents is 4. The van der Waals surface area contributed by atoms with Gasteiger partial charge in [-0.05, 0) is 66.6 Å². The van der Waals surface area contributed by atoms with E-state index in [9.17, 15) is 50.8 Å². The summed E-state index contributed by atoms with van der Waals surface area (Å²) in [5.74, 6) is -3.22. The number of carbonyl (C=O) groups is 1. The van der Waals surface area contributed by atoms with Crippen LogP contribution >= 0.6 is 0 Å². The van der Waals surface area contributed by atoms with E-state index in [1.165, 1.54) is 36.4 Å². The molecule has 0 amide bonds. The van der Waals surface area contributed by atoms with Crippen molar-refractivity contribution in [2.24, 2.45) is 11.8 Å². The normalized spacial score (nSPS) is 32.5. The number of ether oxygens (including phenoxy) is 3. The Morgan fingerprint density at radius 1 is 0.773 bits per heavy atom. The van der Waals surface area contributed by atoms with Crippen LogP contribution in [0.15, 0.2) is 42.5 Å². The van der Waals surface area contributed by atoms with E-state index in [1.807, 2.05) is 0 Å². The fraction of sp³-hybridized carbons (Fsp3) is 0.516. The maximum Gasteiger partial charge on any atom is 0.331 e. The monoisotopic (exact) mass is 620 g/mol. The Balaban J connectivity index is 1.45. The molecule has 0 spiro atoms. The molecule has 0 saturated heterocycles. The molecule has 2 aliphatic rings. The fourth-order valence-corrected chi connectivity index (χ4v) is 5.61. The summed E-state index contributed by atoms with van der Waals surface area (Å²) in [5, 5.41) is 91.1. The largest absolute Gasteiger partial charge is 0.504 e. The number of esters is 1. The van der Waals surface area contributed by atoms with Crippen LogP contribution in [0.4, 0.5) is 0 Å². The highest BCUT2D eigenvalue weighted by atomic mass is 16.6. The number of phenols is 4. The number of aliphatic hydroxyl groups excluding tert-OH is 5. The van der Waals surface area contributed by atoms with Gasteiger partial charge in [-0.2, -0.15) is 0 Å². The van der Waals surface area contributed by atoms with Crippen LogP contribution in [0.25, 0.3) is 6.08 Å². The summed E-state index contributed by atoms with van der Waals surface area (Å²) in [6.45, 7) is 1.64. The van der Waals surface area contributed by atoms with Crippen molar-refractivity contribution in [2.45, 2.75) is 75.0 Å². The second kappa shape index (κ2) is 14.6. The van der Waals surface area contributed by atoms with Crippen LogP contribution in [0.2, 0.25) is 0 Å². The van der Waals surface area contributed by atoms with Gasteiger partial charge in [0, 0.05) is 12.0 Å². The van der Waals surface area contributed by atoms with Gasteiger partial charge in [0.15, 0.2) is 23.0 Å². The van der Waals surface area contributed by atoms with Crippen molar-refractivity contribution in [3.8, 4) is 23.0 Å². The maximum absolute atomic E-state index is 12.8. The van der Waals surface area contributed by atoms with Gasteiger partial charge < -0.3 is 60.2 Å². The molecule has 242 valence electrons. The van der Waals surface area contributed by atoms with Crippen LogP contribution in [0, 0.1) is 11.8 Å². The van der Waals surface area contributed by atoms with Gasteiger partial charge in [0.05, 0.1) is 31.5 Å². The zero-order chi connectivity index (χ0) is 32.1. The summed E-state index contributed by atoms with van der Waals surface area (Å²) < 4.78 is 17.4. The Morgan fingerprint density at radius 2 is 1.41 bits per heavy atom. The van der Waals surface area contributed by atoms with Crippen molar-refractivity contribution >= 4 is 12.0 Å². The standard InChI is InChI=1S/C31H40O13/c1-15-10-23(27(38)29(40)26(15)37)43-14-18-13-24(42-9-8-17-3-6-20(33)22(35)12-17)28(39)30(41)31(18)44-25(36)7-4-16-2-5-19(32)21(34)11-16/h2-7,11-12,15,18,23-24,26-35,37-41H,8-10,13-14H2,1H3. The Morgan fingerprint density at radius 3 is 2.09 bits per heavy atom. The lowest BCUT2D eigenvalue weighted by atomic mass is 9.80. The average molecular weight is 621 g/mol. The summed E-state index contributed by atoms with van der Waals surface area (Å²) in [6, 6.07) is 8.26. The van der Waals surface area contributed by atoms with E-state index in [0.717, 1.165) is 6.08 Å². The molecule has 2 aromatic carbocycles. The van der Waals surface area contributed by atoms with Crippen LogP contribution in [-0.4, -0.2) is 114 Å². The van der Waals surface area contributed by atoms with E-state index >= 15 is 0 Å². The van der Waals surface area contributed by atoms with Crippen LogP contribution in [0.3, 0.4) is 0 Å². The molecule has 2 saturated carbocycles. The molecule has 9 N–H and O–H groups in total. The van der Waals surface area contributed by atoms with E-state index in [1.54, 1.807) is 13.0 Å². The third kappa shape index (κ3) is 7.99. The molecule has 0 aromatic heterocycles. The van der Waals surface area contributed by atoms with Crippen molar-refractivity contribution in [3.63, 3.8) is 0 Å². The minimum Gasteiger partial charge on any atom is -0.504 e. The number of rotatable bonds is 10. The molecule has 0 heterocycles. The minimum atomic E-state index is -1.59. The third-order valence-electron chi connectivity index (χ3n) is 8.29. The molecule has 0 aliphatic heterocycles. The first kappa shape index (κ1) is 33.5. The highest BCUT2D eigenvalue weighted by molar-refractivity contribution is 5.87. The third-order valence-corrected chi connectivity index (χ3v) is 8.29. The zero-order valence-electron chi connectivity index (χ0n) is 24.1. The summed E-state index contributed by atoms with van der Waals surface area (Å²) in [4.78, 5) is 12.8. The van der Waals surface area contributed by atoms with Crippen molar-refractivity contribution in [3.05, 3.63) is 53.6 Å². The van der Waals surface area contributed by atoms with Gasteiger partial charge in [-0.15, -0.1) is 0 Å². The smallest absolute Gasteiger partial charge is 0.331 e. The quantitative estimate of drug-likeness (QED) is 0.0991. The highest BCUT2D eigenvalue weighted by Gasteiger charge is 2.47. The SMILES string of the molecule is CC1CC(OCC2CC(OCCc3ccc(O)c(O)c3)C(O)C(O)C2OC(=O)C=Cc2ccc(O)c(O)c2)C(O)C(O)C1O. The predicted molar refractivity (Wildman–Crippen MR) is 154 cm³/mol. The molecule has 44 heavy (non-hydrogen) atoms. The molecule has 2 aromatic rings. The Labute approximate surface area is 253 Å². The molecular weight excluding hydrogens is 580 g/mol. The molecule has 10 unspecified atom stereocenters. The summed E-state index contributed by atoms with van der Waals surface area (Å²) in [5.41, 5.74) is 1.05. The second-order valence-corrected chi connectivity index (χ2v) is 11.5. The van der Waals surface area contributed by atoms with Gasteiger partial charge in [-0.1, -0.05) is 19.1 Å². The minimum absolute atomic E-state index is 0.0795. The lowest BCUT2D eigenvalue weighted by molar-refractivity contribution is -0.210. The lowest BCUT2D eigenvalue weighted by Gasteiger charge is -2.43. The van der Waals surface area contributed by atoms with Crippen molar-refractivity contribution in [1.29, 1.82) is 0 Å². The van der Waals surface area contributed by atoms with Gasteiger partial charge in [0.25, 0.3) is 0 Å². The predicted octanol–water partition coefficient (Wildman–Crippen LogP) is 0.311. The highest BCUT2D eigenvalue weighted by Crippen LogP contribution is 2.34. The van der Waals surface area contributed by atoms with E-state index < -0.39 is 60.7 Å². The Kier molecular flexibility index (Phi) is 11.1. The first-order chi connectivity index (χ1) is 20.8. The van der Waals surface area contributed by atoms with E-state index in [4.69, 9.17) is 14.2 Å². The van der Waals surface area contributed by atoms with Gasteiger partial charge in [-0.3, -0.25) is 0 Å². The molecular formula is C31H40O13. The van der Waals surface area contributed by atoms with Crippen LogP contribution < -0.4 is 0 Å². The average Bonchev–Trinajstić information content (AvgIpc) is 2.99. The van der Waals surface area contributed by atoms with Gasteiger partial charge in [-0.25, -0.2) is 4.79 Å². The van der Waals surface area contributed by atoms with E-state index in [-0.39, 0.29) is 55.0 Å². The summed E-state index contributed by atoms with van der Waals surface area (Å²) in [6.07, 6.45) is -6.94. The fourth-order valence-electron chi connectivity index (χ4n) is 5.61. The second-order valence-electron chi connectivity index (χ2n) is 11.5. The Bertz CT molecular complexity index is 1300. The summed E-state index contributed by atoms with van der Waals surface area (Å²) >= 11 is 0. The molecule has 10 atom stereocenters.